The maximum atomic E-state index is 13.8. The number of fused-ring (bicyclic) bond motifs is 3. The number of benzene rings is 1. The molecule has 1 aromatic carbocycles. The van der Waals surface area contributed by atoms with E-state index in [-0.39, 0.29) is 23.9 Å². The summed E-state index contributed by atoms with van der Waals surface area (Å²) in [6.45, 7) is 3.52. The Labute approximate surface area is 164 Å². The van der Waals surface area contributed by atoms with E-state index in [1.807, 2.05) is 15.9 Å². The number of rotatable bonds is 3. The highest BCUT2D eigenvalue weighted by atomic mass is 16.5. The SMILES string of the molecule is CC[C@@]1(C(=O)N2CCc3ccccc3C2)C[C@@H]2CC[C@H]1N2C(=O)c1ccon1. The zero-order valence-corrected chi connectivity index (χ0v) is 16.1. The predicted octanol–water partition coefficient (Wildman–Crippen LogP) is 3.03. The molecule has 3 aliphatic rings. The van der Waals surface area contributed by atoms with Gasteiger partial charge in [0.25, 0.3) is 5.91 Å². The van der Waals surface area contributed by atoms with Crippen LogP contribution < -0.4 is 0 Å². The second-order valence-corrected chi connectivity index (χ2v) is 8.30. The van der Waals surface area contributed by atoms with Crippen molar-refractivity contribution in [1.29, 1.82) is 0 Å². The molecule has 2 amide bonds. The fourth-order valence-corrected chi connectivity index (χ4v) is 5.69. The van der Waals surface area contributed by atoms with Gasteiger partial charge in [-0.25, -0.2) is 0 Å². The van der Waals surface area contributed by atoms with E-state index in [9.17, 15) is 9.59 Å². The van der Waals surface area contributed by atoms with Crippen molar-refractivity contribution in [2.75, 3.05) is 6.54 Å². The van der Waals surface area contributed by atoms with Gasteiger partial charge in [0, 0.05) is 31.2 Å². The van der Waals surface area contributed by atoms with Crippen molar-refractivity contribution in [2.45, 2.75) is 57.7 Å². The van der Waals surface area contributed by atoms with E-state index in [0.29, 0.717) is 12.2 Å². The van der Waals surface area contributed by atoms with Crippen molar-refractivity contribution < 1.29 is 14.1 Å². The van der Waals surface area contributed by atoms with Crippen LogP contribution in [0.5, 0.6) is 0 Å². The molecule has 0 unspecified atom stereocenters. The Morgan fingerprint density at radius 1 is 1.21 bits per heavy atom. The molecule has 0 spiro atoms. The van der Waals surface area contributed by atoms with Crippen molar-refractivity contribution in [3.8, 4) is 0 Å². The number of aromatic nitrogens is 1. The van der Waals surface area contributed by atoms with Crippen LogP contribution in [0.3, 0.4) is 0 Å². The first kappa shape index (κ1) is 17.5. The van der Waals surface area contributed by atoms with E-state index in [1.165, 1.54) is 17.4 Å². The number of hydrogen-bond acceptors (Lipinski definition) is 4. The maximum absolute atomic E-state index is 13.8. The van der Waals surface area contributed by atoms with Crippen LogP contribution in [0.15, 0.2) is 41.1 Å². The zero-order chi connectivity index (χ0) is 19.3. The highest BCUT2D eigenvalue weighted by molar-refractivity contribution is 5.95. The molecule has 0 aliphatic carbocycles. The number of hydrogen-bond donors (Lipinski definition) is 0. The van der Waals surface area contributed by atoms with Crippen LogP contribution >= 0.6 is 0 Å². The summed E-state index contributed by atoms with van der Waals surface area (Å²) in [4.78, 5) is 30.7. The van der Waals surface area contributed by atoms with Crippen LogP contribution in [0, 0.1) is 5.41 Å². The second-order valence-electron chi connectivity index (χ2n) is 8.30. The lowest BCUT2D eigenvalue weighted by Crippen LogP contribution is -2.52. The molecule has 2 aromatic rings. The first-order valence-electron chi connectivity index (χ1n) is 10.2. The Hall–Kier alpha value is -2.63. The predicted molar refractivity (Wildman–Crippen MR) is 102 cm³/mol. The lowest BCUT2D eigenvalue weighted by molar-refractivity contribution is -0.145. The summed E-state index contributed by atoms with van der Waals surface area (Å²) in [6.07, 6.45) is 5.69. The van der Waals surface area contributed by atoms with Gasteiger partial charge in [-0.3, -0.25) is 9.59 Å². The van der Waals surface area contributed by atoms with Gasteiger partial charge >= 0.3 is 0 Å². The van der Waals surface area contributed by atoms with Crippen molar-refractivity contribution >= 4 is 11.8 Å². The largest absolute Gasteiger partial charge is 0.364 e. The average molecular weight is 379 g/mol. The van der Waals surface area contributed by atoms with Crippen molar-refractivity contribution in [3.63, 3.8) is 0 Å². The molecule has 2 fully saturated rings. The summed E-state index contributed by atoms with van der Waals surface area (Å²) in [5.74, 6) is 0.114. The minimum absolute atomic E-state index is 0.0450. The Morgan fingerprint density at radius 2 is 2.04 bits per heavy atom. The standard InChI is InChI=1S/C22H25N3O3/c1-2-22(21(27)24-11-9-15-5-3-4-6-16(15)14-24)13-17-7-8-19(22)25(17)20(26)18-10-12-28-23-18/h3-6,10,12,17,19H,2,7-9,11,13-14H2,1H3/t17-,19+,22+/m0/s1. The Bertz CT molecular complexity index is 910. The summed E-state index contributed by atoms with van der Waals surface area (Å²) >= 11 is 0. The third-order valence-electron chi connectivity index (χ3n) is 7.11. The summed E-state index contributed by atoms with van der Waals surface area (Å²) < 4.78 is 4.87. The first-order chi connectivity index (χ1) is 13.6. The quantitative estimate of drug-likeness (QED) is 0.822. The van der Waals surface area contributed by atoms with Gasteiger partial charge in [-0.2, -0.15) is 0 Å². The van der Waals surface area contributed by atoms with Crippen LogP contribution in [0.2, 0.25) is 0 Å². The van der Waals surface area contributed by atoms with E-state index >= 15 is 0 Å². The van der Waals surface area contributed by atoms with E-state index in [0.717, 1.165) is 38.6 Å². The number of carbonyl (C=O) groups is 2. The molecule has 1 aromatic heterocycles. The van der Waals surface area contributed by atoms with Gasteiger partial charge in [0.2, 0.25) is 5.91 Å². The molecule has 0 saturated carbocycles. The molecule has 5 rings (SSSR count). The third-order valence-corrected chi connectivity index (χ3v) is 7.11. The summed E-state index contributed by atoms with van der Waals surface area (Å²) in [5, 5.41) is 3.83. The lowest BCUT2D eigenvalue weighted by atomic mass is 9.70. The van der Waals surface area contributed by atoms with Crippen molar-refractivity contribution in [1.82, 2.24) is 15.0 Å². The van der Waals surface area contributed by atoms with Gasteiger partial charge in [0.15, 0.2) is 5.69 Å². The molecule has 3 aliphatic heterocycles. The summed E-state index contributed by atoms with van der Waals surface area (Å²) in [5.41, 5.74) is 2.44. The molecule has 0 radical (unpaired) electrons. The lowest BCUT2D eigenvalue weighted by Gasteiger charge is -2.41. The third kappa shape index (κ3) is 2.43. The van der Waals surface area contributed by atoms with Gasteiger partial charge in [-0.05, 0) is 43.2 Å². The molecule has 146 valence electrons. The number of amides is 2. The smallest absolute Gasteiger partial charge is 0.276 e. The molecular weight excluding hydrogens is 354 g/mol. The van der Waals surface area contributed by atoms with Crippen LogP contribution in [0.1, 0.15) is 54.2 Å². The maximum Gasteiger partial charge on any atom is 0.276 e. The second kappa shape index (κ2) is 6.47. The first-order valence-corrected chi connectivity index (χ1v) is 10.2. The summed E-state index contributed by atoms with van der Waals surface area (Å²) in [7, 11) is 0. The molecule has 3 atom stereocenters. The van der Waals surface area contributed by atoms with Gasteiger partial charge in [0.05, 0.1) is 5.41 Å². The minimum atomic E-state index is -0.478. The molecule has 4 heterocycles. The highest BCUT2D eigenvalue weighted by Gasteiger charge is 2.61. The number of carbonyl (C=O) groups excluding carboxylic acids is 2. The Kier molecular flexibility index (Phi) is 4.03. The topological polar surface area (TPSA) is 66.7 Å². The van der Waals surface area contributed by atoms with Crippen molar-refractivity contribution in [3.05, 3.63) is 53.4 Å². The molecule has 28 heavy (non-hydrogen) atoms. The summed E-state index contributed by atoms with van der Waals surface area (Å²) in [6, 6.07) is 10.1. The number of nitrogens with zero attached hydrogens (tertiary/aromatic N) is 3. The van der Waals surface area contributed by atoms with Crippen LogP contribution in [0.4, 0.5) is 0 Å². The Balaban J connectivity index is 1.42. The van der Waals surface area contributed by atoms with Crippen molar-refractivity contribution in [2.24, 2.45) is 5.41 Å². The van der Waals surface area contributed by atoms with Gasteiger partial charge < -0.3 is 14.3 Å². The van der Waals surface area contributed by atoms with E-state index in [1.54, 1.807) is 6.07 Å². The van der Waals surface area contributed by atoms with Gasteiger partial charge in [-0.1, -0.05) is 36.3 Å². The van der Waals surface area contributed by atoms with Gasteiger partial charge in [0.1, 0.15) is 6.26 Å². The van der Waals surface area contributed by atoms with E-state index in [4.69, 9.17) is 4.52 Å². The zero-order valence-electron chi connectivity index (χ0n) is 16.1. The van der Waals surface area contributed by atoms with E-state index in [2.05, 4.69) is 30.3 Å². The van der Waals surface area contributed by atoms with Gasteiger partial charge in [-0.15, -0.1) is 0 Å². The van der Waals surface area contributed by atoms with E-state index < -0.39 is 5.41 Å². The van der Waals surface area contributed by atoms with Crippen LogP contribution in [-0.2, 0) is 17.8 Å². The van der Waals surface area contributed by atoms with Crippen LogP contribution in [-0.4, -0.2) is 45.4 Å². The molecule has 2 bridgehead atoms. The molecule has 6 nitrogen and oxygen atoms in total. The monoisotopic (exact) mass is 379 g/mol. The fraction of sp³-hybridized carbons (Fsp3) is 0.500. The molecule has 6 heteroatoms. The Morgan fingerprint density at radius 3 is 2.79 bits per heavy atom. The molecule has 0 N–H and O–H groups in total. The fourth-order valence-electron chi connectivity index (χ4n) is 5.69. The molecular formula is C22H25N3O3. The molecule has 2 saturated heterocycles. The average Bonchev–Trinajstić information content (AvgIpc) is 3.48. The highest BCUT2D eigenvalue weighted by Crippen LogP contribution is 2.53. The normalized spacial score (nSPS) is 28.5. The minimum Gasteiger partial charge on any atom is -0.364 e. The van der Waals surface area contributed by atoms with Crippen LogP contribution in [0.25, 0.3) is 0 Å².